The van der Waals surface area contributed by atoms with Crippen LogP contribution in [0.2, 0.25) is 0 Å². The van der Waals surface area contributed by atoms with Crippen molar-refractivity contribution in [1.82, 2.24) is 0 Å². The van der Waals surface area contributed by atoms with Crippen molar-refractivity contribution in [1.29, 1.82) is 0 Å². The van der Waals surface area contributed by atoms with E-state index in [1.165, 1.54) is 0 Å². The largest absolute Gasteiger partial charge is 0.488 e. The van der Waals surface area contributed by atoms with Crippen molar-refractivity contribution in [2.24, 2.45) is 0 Å². The highest BCUT2D eigenvalue weighted by atomic mass is 16.5. The van der Waals surface area contributed by atoms with Crippen LogP contribution in [-0.2, 0) is 16.8 Å². The summed E-state index contributed by atoms with van der Waals surface area (Å²) < 4.78 is 11.7. The number of nitrogens with one attached hydrogen (secondary N) is 1. The molecule has 1 amide bonds. The molecule has 1 fully saturated rings. The highest BCUT2D eigenvalue weighted by Crippen LogP contribution is 2.41. The number of hydrogen-bond donors (Lipinski definition) is 2. The van der Waals surface area contributed by atoms with Gasteiger partial charge in [0.1, 0.15) is 12.4 Å². The van der Waals surface area contributed by atoms with Crippen LogP contribution in [0.25, 0.3) is 11.1 Å². The third-order valence-electron chi connectivity index (χ3n) is 7.33. The molecule has 7 nitrogen and oxygen atoms in total. The van der Waals surface area contributed by atoms with E-state index < -0.39 is 17.3 Å². The van der Waals surface area contributed by atoms with E-state index >= 15 is 0 Å². The summed E-state index contributed by atoms with van der Waals surface area (Å²) in [6.07, 6.45) is 0. The minimum Gasteiger partial charge on any atom is -0.488 e. The molecule has 0 unspecified atom stereocenters. The number of carboxylic acid groups (broad SMARTS) is 1. The van der Waals surface area contributed by atoms with Crippen molar-refractivity contribution in [3.63, 3.8) is 0 Å². The predicted octanol–water partition coefficient (Wildman–Crippen LogP) is 7.02. The van der Waals surface area contributed by atoms with Crippen LogP contribution < -0.4 is 15.0 Å². The quantitative estimate of drug-likeness (QED) is 0.239. The van der Waals surface area contributed by atoms with E-state index in [1.54, 1.807) is 6.07 Å². The molecule has 0 radical (unpaired) electrons. The van der Waals surface area contributed by atoms with Crippen LogP contribution in [0.1, 0.15) is 52.6 Å². The normalized spacial score (nSPS) is 13.5. The SMILES string of the molecule is CC(C)(C)c1c(-c2ccccc2)ccc(C(=O)O)c1NC(=O)c1cc(N2CCOCC2)ccc1OCc1ccccc1. The van der Waals surface area contributed by atoms with Crippen LogP contribution in [0, 0.1) is 0 Å². The Morgan fingerprint density at radius 2 is 1.55 bits per heavy atom. The third kappa shape index (κ3) is 6.47. The molecule has 42 heavy (non-hydrogen) atoms. The molecule has 2 N–H and O–H groups in total. The lowest BCUT2D eigenvalue weighted by Crippen LogP contribution is -2.36. The van der Waals surface area contributed by atoms with E-state index in [-0.39, 0.29) is 17.9 Å². The van der Waals surface area contributed by atoms with Gasteiger partial charge in [-0.2, -0.15) is 0 Å². The van der Waals surface area contributed by atoms with Crippen LogP contribution in [-0.4, -0.2) is 43.3 Å². The number of ether oxygens (including phenoxy) is 2. The second-order valence-electron chi connectivity index (χ2n) is 11.3. The molecule has 4 aromatic rings. The molecule has 1 aliphatic rings. The number of carbonyl (C=O) groups is 2. The van der Waals surface area contributed by atoms with Gasteiger partial charge in [-0.15, -0.1) is 0 Å². The molecule has 7 heteroatoms. The van der Waals surface area contributed by atoms with Gasteiger partial charge in [-0.1, -0.05) is 87.5 Å². The Labute approximate surface area is 246 Å². The van der Waals surface area contributed by atoms with Gasteiger partial charge in [0.15, 0.2) is 0 Å². The molecular formula is C35H36N2O5. The lowest BCUT2D eigenvalue weighted by molar-refractivity contribution is 0.0698. The zero-order valence-electron chi connectivity index (χ0n) is 24.2. The first-order valence-corrected chi connectivity index (χ1v) is 14.1. The van der Waals surface area contributed by atoms with Crippen LogP contribution in [0.15, 0.2) is 91.0 Å². The summed E-state index contributed by atoms with van der Waals surface area (Å²) in [7, 11) is 0. The van der Waals surface area contributed by atoms with Crippen molar-refractivity contribution in [3.05, 3.63) is 113 Å². The van der Waals surface area contributed by atoms with Gasteiger partial charge in [-0.3, -0.25) is 4.79 Å². The predicted molar refractivity (Wildman–Crippen MR) is 166 cm³/mol. The number of rotatable bonds is 8. The highest BCUT2D eigenvalue weighted by molar-refractivity contribution is 6.11. The minimum absolute atomic E-state index is 0.0315. The Bertz CT molecular complexity index is 1560. The summed E-state index contributed by atoms with van der Waals surface area (Å²) in [6.45, 7) is 8.98. The van der Waals surface area contributed by atoms with Crippen molar-refractivity contribution < 1.29 is 24.2 Å². The molecule has 5 rings (SSSR count). The summed E-state index contributed by atoms with van der Waals surface area (Å²) in [5.41, 5.74) is 4.57. The second-order valence-corrected chi connectivity index (χ2v) is 11.3. The fourth-order valence-electron chi connectivity index (χ4n) is 5.30. The molecule has 4 aromatic carbocycles. The van der Waals surface area contributed by atoms with Gasteiger partial charge in [0.05, 0.1) is 30.0 Å². The van der Waals surface area contributed by atoms with Crippen LogP contribution in [0.5, 0.6) is 5.75 Å². The third-order valence-corrected chi connectivity index (χ3v) is 7.33. The zero-order valence-corrected chi connectivity index (χ0v) is 24.2. The Morgan fingerprint density at radius 3 is 2.19 bits per heavy atom. The molecule has 0 aliphatic carbocycles. The number of amides is 1. The van der Waals surface area contributed by atoms with Crippen molar-refractivity contribution in [2.75, 3.05) is 36.5 Å². The van der Waals surface area contributed by atoms with E-state index in [1.807, 2.05) is 106 Å². The number of hydrogen-bond acceptors (Lipinski definition) is 5. The summed E-state index contributed by atoms with van der Waals surface area (Å²) >= 11 is 0. The van der Waals surface area contributed by atoms with E-state index in [0.29, 0.717) is 37.6 Å². The smallest absolute Gasteiger partial charge is 0.337 e. The highest BCUT2D eigenvalue weighted by Gasteiger charge is 2.29. The van der Waals surface area contributed by atoms with Crippen LogP contribution in [0.3, 0.4) is 0 Å². The molecule has 1 aliphatic heterocycles. The number of benzene rings is 4. The van der Waals surface area contributed by atoms with E-state index in [9.17, 15) is 14.7 Å². The average Bonchev–Trinajstić information content (AvgIpc) is 3.00. The van der Waals surface area contributed by atoms with E-state index in [2.05, 4.69) is 10.2 Å². The fourth-order valence-corrected chi connectivity index (χ4v) is 5.30. The van der Waals surface area contributed by atoms with Crippen molar-refractivity contribution in [3.8, 4) is 16.9 Å². The van der Waals surface area contributed by atoms with E-state index in [4.69, 9.17) is 9.47 Å². The molecule has 1 heterocycles. The Balaban J connectivity index is 1.59. The van der Waals surface area contributed by atoms with Gasteiger partial charge in [0.25, 0.3) is 5.91 Å². The Kier molecular flexibility index (Phi) is 8.59. The zero-order chi connectivity index (χ0) is 29.7. The van der Waals surface area contributed by atoms with Gasteiger partial charge in [-0.25, -0.2) is 4.79 Å². The van der Waals surface area contributed by atoms with Crippen molar-refractivity contribution >= 4 is 23.3 Å². The van der Waals surface area contributed by atoms with Gasteiger partial charge >= 0.3 is 5.97 Å². The second kappa shape index (κ2) is 12.5. The molecular weight excluding hydrogens is 528 g/mol. The van der Waals surface area contributed by atoms with Gasteiger partial charge < -0.3 is 24.8 Å². The fraction of sp³-hybridized carbons (Fsp3) is 0.257. The molecule has 216 valence electrons. The molecule has 0 saturated carbocycles. The van der Waals surface area contributed by atoms with Crippen LogP contribution >= 0.6 is 0 Å². The number of carboxylic acids is 1. The van der Waals surface area contributed by atoms with Gasteiger partial charge in [-0.05, 0) is 51.9 Å². The lowest BCUT2D eigenvalue weighted by atomic mass is 9.79. The summed E-state index contributed by atoms with van der Waals surface area (Å²) in [5.74, 6) is -1.13. The number of anilines is 2. The topological polar surface area (TPSA) is 88.1 Å². The molecule has 0 spiro atoms. The Morgan fingerprint density at radius 1 is 0.881 bits per heavy atom. The molecule has 0 bridgehead atoms. The number of aromatic carboxylic acids is 1. The molecule has 0 atom stereocenters. The number of nitrogens with zero attached hydrogens (tertiary/aromatic N) is 1. The number of carbonyl (C=O) groups excluding carboxylic acids is 1. The first-order chi connectivity index (χ1) is 20.2. The van der Waals surface area contributed by atoms with Gasteiger partial charge in [0.2, 0.25) is 0 Å². The monoisotopic (exact) mass is 564 g/mol. The van der Waals surface area contributed by atoms with Gasteiger partial charge in [0, 0.05) is 18.8 Å². The minimum atomic E-state index is -1.11. The maximum Gasteiger partial charge on any atom is 0.337 e. The first-order valence-electron chi connectivity index (χ1n) is 14.1. The maximum atomic E-state index is 14.2. The Hall–Kier alpha value is -4.62. The lowest BCUT2D eigenvalue weighted by Gasteiger charge is -2.30. The average molecular weight is 565 g/mol. The van der Waals surface area contributed by atoms with E-state index in [0.717, 1.165) is 27.9 Å². The molecule has 0 aromatic heterocycles. The van der Waals surface area contributed by atoms with Crippen molar-refractivity contribution in [2.45, 2.75) is 32.8 Å². The first kappa shape index (κ1) is 28.9. The maximum absolute atomic E-state index is 14.2. The number of morpholine rings is 1. The summed E-state index contributed by atoms with van der Waals surface area (Å²) in [6, 6.07) is 28.5. The summed E-state index contributed by atoms with van der Waals surface area (Å²) in [4.78, 5) is 28.8. The summed E-state index contributed by atoms with van der Waals surface area (Å²) in [5, 5.41) is 13.2. The molecule has 1 saturated heterocycles. The standard InChI is InChI=1S/C35H36N2O5/c1-35(2,3)31-27(25-12-8-5-9-13-25)15-16-28(34(39)40)32(31)36-33(38)29-22-26(37-18-20-41-21-19-37)14-17-30(29)42-23-24-10-6-4-7-11-24/h4-17,22H,18-21,23H2,1-3H3,(H,36,38)(H,39,40). The van der Waals surface area contributed by atoms with Crippen LogP contribution in [0.4, 0.5) is 11.4 Å².